The molecule has 4 nitrogen and oxygen atoms in total. The average molecular weight is 245 g/mol. The van der Waals surface area contributed by atoms with Crippen LogP contribution in [0.2, 0.25) is 0 Å². The zero-order valence-electron chi connectivity index (χ0n) is 9.47. The maximum Gasteiger partial charge on any atom is 0.221 e. The molecule has 1 saturated carbocycles. The summed E-state index contributed by atoms with van der Waals surface area (Å²) in [6.45, 7) is 2.31. The molecule has 92 valence electrons. The van der Waals surface area contributed by atoms with Gasteiger partial charge in [0, 0.05) is 13.1 Å². The molecule has 0 amide bonds. The fourth-order valence-corrected chi connectivity index (χ4v) is 4.98. The van der Waals surface area contributed by atoms with E-state index < -0.39 is 10.0 Å². The summed E-state index contributed by atoms with van der Waals surface area (Å²) in [5.74, 6) is 1.23. The Morgan fingerprint density at radius 3 is 2.19 bits per heavy atom. The highest BCUT2D eigenvalue weighted by atomic mass is 32.2. The molecule has 0 spiro atoms. The largest absolute Gasteiger partial charge is 0.378 e. The van der Waals surface area contributed by atoms with Crippen LogP contribution in [0.15, 0.2) is 0 Å². The maximum atomic E-state index is 12.2. The van der Waals surface area contributed by atoms with E-state index in [0.29, 0.717) is 25.0 Å². The first kappa shape index (κ1) is 11.0. The highest BCUT2D eigenvalue weighted by Gasteiger charge is 2.42. The Hall–Kier alpha value is -0.130. The molecule has 2 heterocycles. The smallest absolute Gasteiger partial charge is 0.221 e. The van der Waals surface area contributed by atoms with Crippen molar-refractivity contribution in [3.8, 4) is 0 Å². The molecule has 16 heavy (non-hydrogen) atoms. The minimum absolute atomic E-state index is 0.258. The van der Waals surface area contributed by atoms with E-state index in [1.807, 2.05) is 0 Å². The van der Waals surface area contributed by atoms with Crippen LogP contribution in [0.3, 0.4) is 0 Å². The Kier molecular flexibility index (Phi) is 2.72. The second-order valence-electron chi connectivity index (χ2n) is 5.42. The van der Waals surface area contributed by atoms with Gasteiger partial charge < -0.3 is 4.74 Å². The van der Waals surface area contributed by atoms with Crippen LogP contribution in [0, 0.1) is 11.8 Å². The Bertz CT molecular complexity index is 351. The average Bonchev–Trinajstić information content (AvgIpc) is 2.13. The van der Waals surface area contributed by atoms with Gasteiger partial charge in [-0.25, -0.2) is 12.7 Å². The standard InChI is InChI=1S/C11H19NO3S/c13-16(14,11-7-15-8-11)12-5-9-2-1-3-10(4-9)6-12/h9-11H,1-8H2. The van der Waals surface area contributed by atoms with Gasteiger partial charge in [0.2, 0.25) is 10.0 Å². The highest BCUT2D eigenvalue weighted by molar-refractivity contribution is 7.89. The first-order valence-corrected chi connectivity index (χ1v) is 7.73. The molecule has 3 fully saturated rings. The molecule has 2 unspecified atom stereocenters. The molecular formula is C11H19NO3S. The molecule has 3 aliphatic rings. The summed E-state index contributed by atoms with van der Waals surface area (Å²) in [7, 11) is -3.06. The molecule has 0 aromatic heterocycles. The predicted molar refractivity (Wildman–Crippen MR) is 60.5 cm³/mol. The number of ether oxygens (including phenoxy) is 1. The summed E-state index contributed by atoms with van der Waals surface area (Å²) in [6, 6.07) is 0. The number of sulfonamides is 1. The van der Waals surface area contributed by atoms with Crippen molar-refractivity contribution in [2.75, 3.05) is 26.3 Å². The Labute approximate surface area is 97.0 Å². The number of piperidine rings is 1. The molecule has 2 atom stereocenters. The van der Waals surface area contributed by atoms with Crippen LogP contribution >= 0.6 is 0 Å². The molecule has 3 rings (SSSR count). The number of hydrogen-bond donors (Lipinski definition) is 0. The summed E-state index contributed by atoms with van der Waals surface area (Å²) >= 11 is 0. The molecule has 1 aliphatic carbocycles. The van der Waals surface area contributed by atoms with Crippen molar-refractivity contribution in [1.82, 2.24) is 4.31 Å². The third-order valence-electron chi connectivity index (χ3n) is 4.20. The van der Waals surface area contributed by atoms with Crippen LogP contribution in [0.5, 0.6) is 0 Å². The molecule has 0 aromatic carbocycles. The third kappa shape index (κ3) is 1.79. The highest BCUT2D eigenvalue weighted by Crippen LogP contribution is 2.36. The fourth-order valence-electron chi connectivity index (χ4n) is 3.19. The number of hydrogen-bond acceptors (Lipinski definition) is 3. The van der Waals surface area contributed by atoms with E-state index in [9.17, 15) is 8.42 Å². The first-order chi connectivity index (χ1) is 7.66. The van der Waals surface area contributed by atoms with Crippen molar-refractivity contribution in [2.45, 2.75) is 30.9 Å². The van der Waals surface area contributed by atoms with Gasteiger partial charge in [0.25, 0.3) is 0 Å². The number of rotatable bonds is 2. The van der Waals surface area contributed by atoms with E-state index in [0.717, 1.165) is 13.1 Å². The number of nitrogens with zero attached hydrogens (tertiary/aromatic N) is 1. The topological polar surface area (TPSA) is 46.6 Å². The van der Waals surface area contributed by atoms with E-state index in [1.54, 1.807) is 4.31 Å². The van der Waals surface area contributed by atoms with Gasteiger partial charge in [0.05, 0.1) is 13.2 Å². The fraction of sp³-hybridized carbons (Fsp3) is 1.00. The van der Waals surface area contributed by atoms with Gasteiger partial charge in [-0.3, -0.25) is 0 Å². The molecular weight excluding hydrogens is 226 g/mol. The summed E-state index contributed by atoms with van der Waals surface area (Å²) in [6.07, 6.45) is 4.95. The van der Waals surface area contributed by atoms with Gasteiger partial charge in [-0.15, -0.1) is 0 Å². The first-order valence-electron chi connectivity index (χ1n) is 6.23. The van der Waals surface area contributed by atoms with Crippen molar-refractivity contribution in [2.24, 2.45) is 11.8 Å². The molecule has 5 heteroatoms. The lowest BCUT2D eigenvalue weighted by Gasteiger charge is -2.42. The Balaban J connectivity index is 1.74. The normalized spacial score (nSPS) is 37.0. The Morgan fingerprint density at radius 1 is 1.06 bits per heavy atom. The molecule has 2 aliphatic heterocycles. The second-order valence-corrected chi connectivity index (χ2v) is 7.63. The van der Waals surface area contributed by atoms with Crippen molar-refractivity contribution in [3.05, 3.63) is 0 Å². The van der Waals surface area contributed by atoms with E-state index in [4.69, 9.17) is 4.74 Å². The van der Waals surface area contributed by atoms with Gasteiger partial charge in [-0.1, -0.05) is 6.42 Å². The summed E-state index contributed by atoms with van der Waals surface area (Å²) in [5, 5.41) is -0.258. The lowest BCUT2D eigenvalue weighted by Crippen LogP contribution is -2.53. The van der Waals surface area contributed by atoms with Crippen molar-refractivity contribution >= 4 is 10.0 Å². The van der Waals surface area contributed by atoms with Gasteiger partial charge in [-0.2, -0.15) is 0 Å². The van der Waals surface area contributed by atoms with Crippen LogP contribution in [0.4, 0.5) is 0 Å². The van der Waals surface area contributed by atoms with E-state index in [1.165, 1.54) is 25.7 Å². The molecule has 0 radical (unpaired) electrons. The molecule has 2 saturated heterocycles. The van der Waals surface area contributed by atoms with E-state index in [2.05, 4.69) is 0 Å². The summed E-state index contributed by atoms with van der Waals surface area (Å²) in [4.78, 5) is 0. The zero-order chi connectivity index (χ0) is 11.2. The monoisotopic (exact) mass is 245 g/mol. The third-order valence-corrected chi connectivity index (χ3v) is 6.34. The van der Waals surface area contributed by atoms with Crippen LogP contribution in [-0.2, 0) is 14.8 Å². The minimum atomic E-state index is -3.06. The molecule has 2 bridgehead atoms. The van der Waals surface area contributed by atoms with Crippen LogP contribution in [0.25, 0.3) is 0 Å². The van der Waals surface area contributed by atoms with Crippen molar-refractivity contribution < 1.29 is 13.2 Å². The SMILES string of the molecule is O=S(=O)(C1COC1)N1CC2CCCC(C2)C1. The summed E-state index contributed by atoms with van der Waals surface area (Å²) < 4.78 is 31.2. The van der Waals surface area contributed by atoms with Crippen LogP contribution in [0.1, 0.15) is 25.7 Å². The van der Waals surface area contributed by atoms with Gasteiger partial charge in [0.1, 0.15) is 5.25 Å². The van der Waals surface area contributed by atoms with Gasteiger partial charge >= 0.3 is 0 Å². The predicted octanol–water partition coefficient (Wildman–Crippen LogP) is 0.837. The summed E-state index contributed by atoms with van der Waals surface area (Å²) in [5.41, 5.74) is 0. The van der Waals surface area contributed by atoms with E-state index >= 15 is 0 Å². The molecule has 0 N–H and O–H groups in total. The number of fused-ring (bicyclic) bond motifs is 2. The molecule has 0 aromatic rings. The Morgan fingerprint density at radius 2 is 1.69 bits per heavy atom. The van der Waals surface area contributed by atoms with Crippen LogP contribution < -0.4 is 0 Å². The lowest BCUT2D eigenvalue weighted by molar-refractivity contribution is 0.0368. The maximum absolute atomic E-state index is 12.2. The van der Waals surface area contributed by atoms with E-state index in [-0.39, 0.29) is 5.25 Å². The lowest BCUT2D eigenvalue weighted by atomic mass is 9.79. The minimum Gasteiger partial charge on any atom is -0.378 e. The van der Waals surface area contributed by atoms with Gasteiger partial charge in [0.15, 0.2) is 0 Å². The van der Waals surface area contributed by atoms with Crippen LogP contribution in [-0.4, -0.2) is 44.3 Å². The van der Waals surface area contributed by atoms with Crippen molar-refractivity contribution in [3.63, 3.8) is 0 Å². The quantitative estimate of drug-likeness (QED) is 0.724. The zero-order valence-corrected chi connectivity index (χ0v) is 10.3. The van der Waals surface area contributed by atoms with Gasteiger partial charge in [-0.05, 0) is 31.1 Å². The second kappa shape index (κ2) is 3.96. The van der Waals surface area contributed by atoms with Crippen molar-refractivity contribution in [1.29, 1.82) is 0 Å².